The number of aryl methyl sites for hydroxylation is 1. The molecule has 0 bridgehead atoms. The normalized spacial score (nSPS) is 15.5. The standard InChI is InChI=1S/C22H22ClN3O3S/c1-14-2-7-19-18(12-14)21(26-10-8-15(9-11-26)22(24)27)20(13-25-19)30(28,29)17-5-3-16(23)4-6-17/h2-7,12-13,15H,8-11H2,1H3,(H2,24,27)/p+1. The summed E-state index contributed by atoms with van der Waals surface area (Å²) < 4.78 is 27.1. The second-order valence-electron chi connectivity index (χ2n) is 7.67. The Morgan fingerprint density at radius 3 is 2.43 bits per heavy atom. The lowest BCUT2D eigenvalue weighted by atomic mass is 9.95. The number of halogens is 1. The molecule has 3 N–H and O–H groups in total. The van der Waals surface area contributed by atoms with E-state index in [1.165, 1.54) is 12.1 Å². The fourth-order valence-electron chi connectivity index (χ4n) is 3.98. The van der Waals surface area contributed by atoms with Gasteiger partial charge in [-0.25, -0.2) is 13.4 Å². The van der Waals surface area contributed by atoms with Gasteiger partial charge in [0.1, 0.15) is 0 Å². The highest BCUT2D eigenvalue weighted by molar-refractivity contribution is 7.91. The van der Waals surface area contributed by atoms with Crippen molar-refractivity contribution in [1.29, 1.82) is 0 Å². The molecule has 30 heavy (non-hydrogen) atoms. The Hall–Kier alpha value is -2.64. The van der Waals surface area contributed by atoms with Crippen LogP contribution in [0.3, 0.4) is 0 Å². The van der Waals surface area contributed by atoms with Gasteiger partial charge in [0, 0.05) is 30.1 Å². The van der Waals surface area contributed by atoms with Crippen LogP contribution in [0.5, 0.6) is 0 Å². The number of pyridine rings is 1. The molecule has 1 saturated heterocycles. The van der Waals surface area contributed by atoms with E-state index in [1.807, 2.05) is 25.1 Å². The number of primary amides is 1. The highest BCUT2D eigenvalue weighted by Crippen LogP contribution is 2.37. The van der Waals surface area contributed by atoms with Crippen molar-refractivity contribution >= 4 is 43.9 Å². The number of fused-ring (bicyclic) bond motifs is 1. The molecule has 8 heteroatoms. The van der Waals surface area contributed by atoms with Crippen molar-refractivity contribution in [2.45, 2.75) is 29.6 Å². The molecule has 1 fully saturated rings. The smallest absolute Gasteiger partial charge is 0.220 e. The Balaban J connectivity index is 1.89. The number of nitrogens with one attached hydrogen (secondary N) is 1. The van der Waals surface area contributed by atoms with E-state index >= 15 is 0 Å². The van der Waals surface area contributed by atoms with Crippen LogP contribution in [-0.4, -0.2) is 27.4 Å². The number of sulfone groups is 1. The lowest BCUT2D eigenvalue weighted by Gasteiger charge is -2.33. The molecule has 0 unspecified atom stereocenters. The van der Waals surface area contributed by atoms with Crippen LogP contribution in [0.2, 0.25) is 5.02 Å². The van der Waals surface area contributed by atoms with Crippen molar-refractivity contribution in [2.24, 2.45) is 11.7 Å². The molecule has 2 aromatic carbocycles. The highest BCUT2D eigenvalue weighted by atomic mass is 35.5. The fourth-order valence-corrected chi connectivity index (χ4v) is 5.57. The highest BCUT2D eigenvalue weighted by Gasteiger charge is 2.32. The van der Waals surface area contributed by atoms with Crippen molar-refractivity contribution in [3.05, 3.63) is 59.2 Å². The summed E-state index contributed by atoms with van der Waals surface area (Å²) in [6, 6.07) is 12.1. The second kappa shape index (κ2) is 7.89. The molecule has 0 saturated carbocycles. The van der Waals surface area contributed by atoms with Gasteiger partial charge in [0.05, 0.1) is 16.0 Å². The summed E-state index contributed by atoms with van der Waals surface area (Å²) in [5.74, 6) is -0.480. The summed E-state index contributed by atoms with van der Waals surface area (Å²) >= 11 is 5.95. The Morgan fingerprint density at radius 2 is 1.80 bits per heavy atom. The number of carbonyl (C=O) groups excluding carboxylic acids is 1. The monoisotopic (exact) mass is 444 g/mol. The lowest BCUT2D eigenvalue weighted by Crippen LogP contribution is -2.39. The van der Waals surface area contributed by atoms with Crippen LogP contribution in [-0.2, 0) is 14.6 Å². The molecule has 1 aliphatic rings. The Bertz CT molecular complexity index is 1220. The van der Waals surface area contributed by atoms with Crippen molar-refractivity contribution in [3.63, 3.8) is 0 Å². The zero-order valence-electron chi connectivity index (χ0n) is 16.6. The zero-order valence-corrected chi connectivity index (χ0v) is 18.1. The van der Waals surface area contributed by atoms with E-state index in [2.05, 4.69) is 9.88 Å². The minimum atomic E-state index is -3.79. The molecule has 156 valence electrons. The molecule has 2 heterocycles. The number of anilines is 1. The van der Waals surface area contributed by atoms with Crippen LogP contribution in [0, 0.1) is 12.8 Å². The summed E-state index contributed by atoms with van der Waals surface area (Å²) in [6.07, 6.45) is 2.75. The van der Waals surface area contributed by atoms with Gasteiger partial charge in [-0.3, -0.25) is 4.79 Å². The molecule has 1 aliphatic heterocycles. The zero-order chi connectivity index (χ0) is 21.5. The summed E-state index contributed by atoms with van der Waals surface area (Å²) in [4.78, 5) is 17.2. The third-order valence-electron chi connectivity index (χ3n) is 5.65. The number of benzene rings is 2. The van der Waals surface area contributed by atoms with Gasteiger partial charge < -0.3 is 10.6 Å². The minimum Gasteiger partial charge on any atom is -0.370 e. The minimum absolute atomic E-state index is 0.180. The van der Waals surface area contributed by atoms with E-state index in [1.54, 1.807) is 18.3 Å². The summed E-state index contributed by atoms with van der Waals surface area (Å²) in [6.45, 7) is 3.09. The number of amides is 1. The number of nitrogens with zero attached hydrogens (tertiary/aromatic N) is 1. The predicted molar refractivity (Wildman–Crippen MR) is 116 cm³/mol. The number of carbonyl (C=O) groups is 1. The molecule has 6 nitrogen and oxygen atoms in total. The van der Waals surface area contributed by atoms with E-state index in [4.69, 9.17) is 17.3 Å². The lowest BCUT2D eigenvalue weighted by molar-refractivity contribution is -0.347. The van der Waals surface area contributed by atoms with Gasteiger partial charge >= 0.3 is 0 Å². The predicted octanol–water partition coefficient (Wildman–Crippen LogP) is 3.15. The number of hydrogen-bond acceptors (Lipinski definition) is 4. The number of aromatic nitrogens is 1. The number of rotatable bonds is 4. The van der Waals surface area contributed by atoms with Crippen molar-refractivity contribution in [1.82, 2.24) is 0 Å². The number of piperidine rings is 1. The molecular weight excluding hydrogens is 422 g/mol. The van der Waals surface area contributed by atoms with Crippen molar-refractivity contribution < 1.29 is 18.2 Å². The van der Waals surface area contributed by atoms with Crippen LogP contribution >= 0.6 is 11.6 Å². The summed E-state index contributed by atoms with van der Waals surface area (Å²) in [5.41, 5.74) is 8.02. The Kier molecular flexibility index (Phi) is 5.42. The maximum atomic E-state index is 13.5. The van der Waals surface area contributed by atoms with Crippen molar-refractivity contribution in [3.8, 4) is 0 Å². The first-order valence-corrected chi connectivity index (χ1v) is 11.6. The van der Waals surface area contributed by atoms with Gasteiger partial charge in [0.25, 0.3) is 0 Å². The van der Waals surface area contributed by atoms with E-state index in [9.17, 15) is 13.2 Å². The molecule has 1 aromatic heterocycles. The van der Waals surface area contributed by atoms with Crippen LogP contribution < -0.4 is 15.6 Å². The first-order chi connectivity index (χ1) is 14.3. The molecule has 0 aliphatic carbocycles. The second-order valence-corrected chi connectivity index (χ2v) is 10.0. The summed E-state index contributed by atoms with van der Waals surface area (Å²) in [7, 11) is -3.79. The maximum absolute atomic E-state index is 13.5. The molecule has 0 spiro atoms. The van der Waals surface area contributed by atoms with Crippen LogP contribution in [0.1, 0.15) is 18.4 Å². The molecular formula is C22H23ClN3O3S+. The first-order valence-electron chi connectivity index (χ1n) is 9.77. The van der Waals surface area contributed by atoms with Crippen LogP contribution in [0.25, 0.3) is 10.9 Å². The number of aromatic amines is 1. The van der Waals surface area contributed by atoms with E-state index in [0.717, 1.165) is 16.5 Å². The van der Waals surface area contributed by atoms with Crippen LogP contribution in [0.15, 0.2) is 58.5 Å². The van der Waals surface area contributed by atoms with E-state index in [-0.39, 0.29) is 21.6 Å². The molecule has 0 radical (unpaired) electrons. The van der Waals surface area contributed by atoms with Crippen LogP contribution in [0.4, 0.5) is 5.69 Å². The fraction of sp³-hybridized carbons (Fsp3) is 0.273. The maximum Gasteiger partial charge on any atom is 0.220 e. The van der Waals surface area contributed by atoms with Gasteiger partial charge in [0.2, 0.25) is 21.3 Å². The van der Waals surface area contributed by atoms with E-state index < -0.39 is 9.84 Å². The molecule has 1 amide bonds. The van der Waals surface area contributed by atoms with E-state index in [0.29, 0.717) is 36.6 Å². The first kappa shape index (κ1) is 20.6. The topological polar surface area (TPSA) is 94.6 Å². The quantitative estimate of drug-likeness (QED) is 0.668. The SMILES string of the molecule is Cc1ccc2[nH+]cc(S(=O)(=O)c3ccc(Cl)cc3)c(N3CCC(C(N)=O)CC3)c2c1. The average Bonchev–Trinajstić information content (AvgIpc) is 2.73. The number of H-pyrrole nitrogens is 1. The molecule has 0 atom stereocenters. The Morgan fingerprint density at radius 1 is 1.13 bits per heavy atom. The number of hydrogen-bond donors (Lipinski definition) is 1. The van der Waals surface area contributed by atoms with Gasteiger partial charge in [-0.05, 0) is 55.7 Å². The number of nitrogens with two attached hydrogens (primary N) is 1. The third-order valence-corrected chi connectivity index (χ3v) is 7.68. The molecule has 4 rings (SSSR count). The summed E-state index contributed by atoms with van der Waals surface area (Å²) in [5, 5.41) is 1.31. The van der Waals surface area contributed by atoms with Crippen molar-refractivity contribution in [2.75, 3.05) is 18.0 Å². The van der Waals surface area contributed by atoms with Gasteiger partial charge in [-0.1, -0.05) is 17.7 Å². The largest absolute Gasteiger partial charge is 0.370 e. The molecule has 3 aromatic rings. The van der Waals surface area contributed by atoms with Gasteiger partial charge in [-0.2, -0.15) is 0 Å². The van der Waals surface area contributed by atoms with Gasteiger partial charge in [-0.15, -0.1) is 0 Å². The average molecular weight is 445 g/mol. The third kappa shape index (κ3) is 3.75. The Labute approximate surface area is 180 Å². The van der Waals surface area contributed by atoms with Gasteiger partial charge in [0.15, 0.2) is 11.1 Å².